The van der Waals surface area contributed by atoms with Gasteiger partial charge >= 0.3 is 0 Å². The minimum absolute atomic E-state index is 0.0693. The van der Waals surface area contributed by atoms with E-state index in [1.807, 2.05) is 48.5 Å². The Bertz CT molecular complexity index is 838. The molecule has 0 saturated carbocycles. The van der Waals surface area contributed by atoms with Crippen molar-refractivity contribution in [2.75, 3.05) is 18.6 Å². The van der Waals surface area contributed by atoms with Crippen molar-refractivity contribution in [3.05, 3.63) is 54.4 Å². The number of aromatic nitrogens is 2. The number of rotatable bonds is 3. The first-order valence-electron chi connectivity index (χ1n) is 7.64. The van der Waals surface area contributed by atoms with Crippen LogP contribution in [0.25, 0.3) is 11.0 Å². The Morgan fingerprint density at radius 3 is 2.78 bits per heavy atom. The average molecular weight is 307 g/mol. The molecule has 2 aromatic carbocycles. The predicted octanol–water partition coefficient (Wildman–Crippen LogP) is 3.09. The molecule has 1 fully saturated rings. The summed E-state index contributed by atoms with van der Waals surface area (Å²) in [5, 5.41) is 0. The summed E-state index contributed by atoms with van der Waals surface area (Å²) in [6.07, 6.45) is 0.456. The van der Waals surface area contributed by atoms with Crippen LogP contribution in [0.15, 0.2) is 48.5 Å². The first-order valence-corrected chi connectivity index (χ1v) is 7.64. The molecule has 2 heterocycles. The maximum atomic E-state index is 12.5. The number of H-pyrrole nitrogens is 1. The first kappa shape index (κ1) is 13.8. The number of amides is 1. The molecule has 0 aliphatic carbocycles. The number of benzene rings is 2. The lowest BCUT2D eigenvalue weighted by Crippen LogP contribution is -2.24. The third kappa shape index (κ3) is 2.34. The number of para-hydroxylation sites is 4. The third-order valence-electron chi connectivity index (χ3n) is 4.30. The molecule has 116 valence electrons. The van der Waals surface area contributed by atoms with Gasteiger partial charge in [0.25, 0.3) is 0 Å². The van der Waals surface area contributed by atoms with Crippen LogP contribution >= 0.6 is 0 Å². The number of carbonyl (C=O) groups excluding carboxylic acids is 1. The van der Waals surface area contributed by atoms with Crippen molar-refractivity contribution < 1.29 is 9.53 Å². The number of aromatic amines is 1. The van der Waals surface area contributed by atoms with E-state index in [9.17, 15) is 4.79 Å². The molecule has 0 spiro atoms. The first-order chi connectivity index (χ1) is 11.3. The predicted molar refractivity (Wildman–Crippen MR) is 88.8 cm³/mol. The Kier molecular flexibility index (Phi) is 3.26. The van der Waals surface area contributed by atoms with Crippen molar-refractivity contribution in [3.63, 3.8) is 0 Å². The highest BCUT2D eigenvalue weighted by Gasteiger charge is 2.34. The highest BCUT2D eigenvalue weighted by Crippen LogP contribution is 2.35. The van der Waals surface area contributed by atoms with E-state index in [0.717, 1.165) is 22.5 Å². The van der Waals surface area contributed by atoms with Crippen molar-refractivity contribution >= 4 is 22.6 Å². The maximum Gasteiger partial charge on any atom is 0.227 e. The topological polar surface area (TPSA) is 58.2 Å². The van der Waals surface area contributed by atoms with Crippen LogP contribution in [-0.2, 0) is 4.79 Å². The Morgan fingerprint density at radius 1 is 1.17 bits per heavy atom. The fourth-order valence-electron chi connectivity index (χ4n) is 3.14. The van der Waals surface area contributed by atoms with E-state index in [1.54, 1.807) is 12.0 Å². The molecule has 1 amide bonds. The number of nitrogens with zero attached hydrogens (tertiary/aromatic N) is 2. The van der Waals surface area contributed by atoms with E-state index >= 15 is 0 Å². The number of hydrogen-bond acceptors (Lipinski definition) is 3. The third-order valence-corrected chi connectivity index (χ3v) is 4.30. The maximum absolute atomic E-state index is 12.5. The summed E-state index contributed by atoms with van der Waals surface area (Å²) in [6, 6.07) is 15.5. The van der Waals surface area contributed by atoms with Crippen LogP contribution in [0.2, 0.25) is 0 Å². The van der Waals surface area contributed by atoms with Crippen molar-refractivity contribution in [1.82, 2.24) is 9.97 Å². The molecule has 5 heteroatoms. The second kappa shape index (κ2) is 5.43. The molecule has 1 N–H and O–H groups in total. The van der Waals surface area contributed by atoms with Crippen LogP contribution in [-0.4, -0.2) is 29.5 Å². The lowest BCUT2D eigenvalue weighted by Gasteiger charge is -2.19. The highest BCUT2D eigenvalue weighted by atomic mass is 16.5. The van der Waals surface area contributed by atoms with Gasteiger partial charge in [-0.15, -0.1) is 0 Å². The van der Waals surface area contributed by atoms with Crippen molar-refractivity contribution in [2.24, 2.45) is 0 Å². The number of methoxy groups -OCH3 is 1. The van der Waals surface area contributed by atoms with Gasteiger partial charge in [-0.25, -0.2) is 4.98 Å². The average Bonchev–Trinajstić information content (AvgIpc) is 3.18. The Labute approximate surface area is 133 Å². The number of imidazole rings is 1. The summed E-state index contributed by atoms with van der Waals surface area (Å²) in [7, 11) is 1.62. The van der Waals surface area contributed by atoms with Crippen LogP contribution in [0, 0.1) is 0 Å². The van der Waals surface area contributed by atoms with E-state index in [2.05, 4.69) is 9.97 Å². The van der Waals surface area contributed by atoms with Crippen molar-refractivity contribution in [2.45, 2.75) is 12.3 Å². The zero-order valence-corrected chi connectivity index (χ0v) is 12.8. The van der Waals surface area contributed by atoms with Gasteiger partial charge in [-0.3, -0.25) is 4.79 Å². The highest BCUT2D eigenvalue weighted by molar-refractivity contribution is 5.97. The molecule has 1 atom stereocenters. The van der Waals surface area contributed by atoms with Crippen LogP contribution < -0.4 is 9.64 Å². The fourth-order valence-corrected chi connectivity index (χ4v) is 3.14. The van der Waals surface area contributed by atoms with Gasteiger partial charge in [-0.1, -0.05) is 24.3 Å². The molecular weight excluding hydrogens is 290 g/mol. The van der Waals surface area contributed by atoms with Crippen LogP contribution in [0.4, 0.5) is 5.69 Å². The molecule has 1 aromatic heterocycles. The minimum Gasteiger partial charge on any atom is -0.495 e. The van der Waals surface area contributed by atoms with Crippen molar-refractivity contribution in [1.29, 1.82) is 0 Å². The van der Waals surface area contributed by atoms with Gasteiger partial charge in [-0.2, -0.15) is 0 Å². The molecule has 5 nitrogen and oxygen atoms in total. The molecule has 1 unspecified atom stereocenters. The molecule has 4 rings (SSSR count). The molecule has 3 aromatic rings. The van der Waals surface area contributed by atoms with E-state index in [0.29, 0.717) is 18.7 Å². The van der Waals surface area contributed by atoms with Gasteiger partial charge in [0, 0.05) is 18.9 Å². The Balaban J connectivity index is 1.65. The number of carbonyl (C=O) groups is 1. The summed E-state index contributed by atoms with van der Waals surface area (Å²) >= 11 is 0. The van der Waals surface area contributed by atoms with Gasteiger partial charge in [0.05, 0.1) is 23.8 Å². The monoisotopic (exact) mass is 307 g/mol. The summed E-state index contributed by atoms with van der Waals surface area (Å²) < 4.78 is 5.38. The molecule has 23 heavy (non-hydrogen) atoms. The smallest absolute Gasteiger partial charge is 0.227 e. The van der Waals surface area contributed by atoms with E-state index in [1.165, 1.54) is 0 Å². The van der Waals surface area contributed by atoms with E-state index in [4.69, 9.17) is 4.74 Å². The number of ether oxygens (including phenoxy) is 1. The standard InChI is InChI=1S/C18H17N3O2/c1-23-16-9-5-4-8-15(16)21-11-12(10-17(21)22)18-19-13-6-2-3-7-14(13)20-18/h2-9,12H,10-11H2,1H3,(H,19,20). The summed E-state index contributed by atoms with van der Waals surface area (Å²) in [5.41, 5.74) is 2.76. The van der Waals surface area contributed by atoms with Gasteiger partial charge < -0.3 is 14.6 Å². The molecule has 0 radical (unpaired) electrons. The summed E-state index contributed by atoms with van der Waals surface area (Å²) in [4.78, 5) is 22.2. The molecular formula is C18H17N3O2. The zero-order chi connectivity index (χ0) is 15.8. The van der Waals surface area contributed by atoms with Crippen molar-refractivity contribution in [3.8, 4) is 5.75 Å². The molecule has 1 aliphatic rings. The number of fused-ring (bicyclic) bond motifs is 1. The van der Waals surface area contributed by atoms with E-state index in [-0.39, 0.29) is 11.8 Å². The Morgan fingerprint density at radius 2 is 1.96 bits per heavy atom. The lowest BCUT2D eigenvalue weighted by atomic mass is 10.1. The van der Waals surface area contributed by atoms with Crippen LogP contribution in [0.5, 0.6) is 5.75 Å². The van der Waals surface area contributed by atoms with Gasteiger partial charge in [0.2, 0.25) is 5.91 Å². The van der Waals surface area contributed by atoms with Gasteiger partial charge in [0.15, 0.2) is 0 Å². The second-order valence-electron chi connectivity index (χ2n) is 5.72. The summed E-state index contributed by atoms with van der Waals surface area (Å²) in [5.74, 6) is 1.75. The lowest BCUT2D eigenvalue weighted by molar-refractivity contribution is -0.117. The minimum atomic E-state index is 0.0693. The van der Waals surface area contributed by atoms with Crippen LogP contribution in [0.1, 0.15) is 18.2 Å². The molecule has 0 bridgehead atoms. The van der Waals surface area contributed by atoms with Crippen LogP contribution in [0.3, 0.4) is 0 Å². The van der Waals surface area contributed by atoms with E-state index < -0.39 is 0 Å². The SMILES string of the molecule is COc1ccccc1N1CC(c2nc3ccccc3[nH]2)CC1=O. The second-order valence-corrected chi connectivity index (χ2v) is 5.72. The largest absolute Gasteiger partial charge is 0.495 e. The molecule has 1 aliphatic heterocycles. The number of hydrogen-bond donors (Lipinski definition) is 1. The number of anilines is 1. The van der Waals surface area contributed by atoms with Gasteiger partial charge in [0.1, 0.15) is 11.6 Å². The fraction of sp³-hybridized carbons (Fsp3) is 0.222. The normalized spacial score (nSPS) is 17.9. The summed E-state index contributed by atoms with van der Waals surface area (Å²) in [6.45, 7) is 0.610. The Hall–Kier alpha value is -2.82. The van der Waals surface area contributed by atoms with Gasteiger partial charge in [-0.05, 0) is 24.3 Å². The molecule has 1 saturated heterocycles. The zero-order valence-electron chi connectivity index (χ0n) is 12.8. The number of nitrogens with one attached hydrogen (secondary N) is 1. The quantitative estimate of drug-likeness (QED) is 0.809.